The topological polar surface area (TPSA) is 0 Å². The van der Waals surface area contributed by atoms with Crippen molar-refractivity contribution in [2.45, 2.75) is 31.3 Å². The minimum atomic E-state index is 0.471. The van der Waals surface area contributed by atoms with E-state index in [1.165, 1.54) is 0 Å². The molecule has 1 saturated heterocycles. The molecule has 1 aromatic rings. The van der Waals surface area contributed by atoms with Crippen LogP contribution in [0.2, 0.25) is 0 Å². The van der Waals surface area contributed by atoms with Gasteiger partial charge in [0.25, 0.3) is 0 Å². The monoisotopic (exact) mass is 207 g/mol. The molecule has 1 heteroatoms. The van der Waals surface area contributed by atoms with Crippen molar-refractivity contribution in [3.63, 3.8) is 0 Å². The molecule has 1 unspecified atom stereocenters. The van der Waals surface area contributed by atoms with Crippen LogP contribution in [0, 0.1) is 5.41 Å². The average molecular weight is 207 g/mol. The first-order valence-electron chi connectivity index (χ1n) is 5.20. The zero-order chi connectivity index (χ0) is 10.3. The summed E-state index contributed by atoms with van der Waals surface area (Å²) in [6.45, 7) is 7.10. The zero-order valence-corrected chi connectivity index (χ0v) is 10.3. The summed E-state index contributed by atoms with van der Waals surface area (Å²) in [5.74, 6) is 0. The van der Waals surface area contributed by atoms with Crippen molar-refractivity contribution in [2.24, 2.45) is 5.41 Å². The molecule has 0 radical (unpaired) electrons. The molecule has 0 bridgehead atoms. The molecule has 1 heterocycles. The highest BCUT2D eigenvalue weighted by molar-refractivity contribution is 8.04. The Morgan fingerprint density at radius 2 is 1.64 bits per heavy atom. The van der Waals surface area contributed by atoms with Gasteiger partial charge in [0.2, 0.25) is 0 Å². The third kappa shape index (κ3) is 1.70. The molecule has 3 atom stereocenters. The van der Waals surface area contributed by atoms with Crippen LogP contribution in [0.25, 0.3) is 0 Å². The molecule has 1 aliphatic rings. The van der Waals surface area contributed by atoms with Crippen LogP contribution < -0.4 is 0 Å². The van der Waals surface area contributed by atoms with Gasteiger partial charge in [0.1, 0.15) is 0 Å². The van der Waals surface area contributed by atoms with Gasteiger partial charge in [0, 0.05) is 21.9 Å². The van der Waals surface area contributed by atoms with Gasteiger partial charge in [-0.25, -0.2) is 0 Å². The Balaban J connectivity index is 2.18. The lowest BCUT2D eigenvalue weighted by molar-refractivity contribution is 0.417. The number of benzene rings is 1. The van der Waals surface area contributed by atoms with Crippen molar-refractivity contribution in [1.82, 2.24) is 0 Å². The summed E-state index contributed by atoms with van der Waals surface area (Å²) in [6, 6.07) is 11.0. The van der Waals surface area contributed by atoms with E-state index in [2.05, 4.69) is 57.4 Å². The Hall–Kier alpha value is -0.430. The van der Waals surface area contributed by atoms with Crippen molar-refractivity contribution in [3.05, 3.63) is 35.9 Å². The van der Waals surface area contributed by atoms with E-state index in [9.17, 15) is 0 Å². The molecule has 0 saturated carbocycles. The van der Waals surface area contributed by atoms with E-state index in [-0.39, 0.29) is 0 Å². The minimum Gasteiger partial charge on any atom is -0.0622 e. The molecular formula is C13H19S+. The Morgan fingerprint density at radius 3 is 2.07 bits per heavy atom. The second kappa shape index (κ2) is 3.30. The van der Waals surface area contributed by atoms with Gasteiger partial charge in [0.15, 0.2) is 10.5 Å². The highest BCUT2D eigenvalue weighted by atomic mass is 32.2. The first-order chi connectivity index (χ1) is 6.52. The van der Waals surface area contributed by atoms with E-state index in [4.69, 9.17) is 0 Å². The van der Waals surface area contributed by atoms with Crippen molar-refractivity contribution in [1.29, 1.82) is 0 Å². The Labute approximate surface area is 90.1 Å². The molecular weight excluding hydrogens is 188 g/mol. The lowest BCUT2D eigenvalue weighted by Gasteiger charge is -2.11. The van der Waals surface area contributed by atoms with E-state index < -0.39 is 0 Å². The molecule has 76 valence electrons. The summed E-state index contributed by atoms with van der Waals surface area (Å²) < 4.78 is 0. The molecule has 1 aliphatic heterocycles. The van der Waals surface area contributed by atoms with Gasteiger partial charge < -0.3 is 0 Å². The van der Waals surface area contributed by atoms with Crippen LogP contribution in [0.4, 0.5) is 0 Å². The van der Waals surface area contributed by atoms with Gasteiger partial charge in [-0.2, -0.15) is 0 Å². The molecule has 0 aromatic heterocycles. The van der Waals surface area contributed by atoms with Gasteiger partial charge in [0.05, 0.1) is 6.26 Å². The largest absolute Gasteiger partial charge is 0.190 e. The molecule has 0 amide bonds. The molecule has 1 fully saturated rings. The molecule has 0 N–H and O–H groups in total. The third-order valence-electron chi connectivity index (χ3n) is 2.98. The zero-order valence-electron chi connectivity index (χ0n) is 9.45. The lowest BCUT2D eigenvalue weighted by Crippen LogP contribution is -2.15. The molecule has 0 spiro atoms. The SMILES string of the molecule is C[S+]1[C@H](C(C)(C)C)[C@@H]1c1ccccc1. The first-order valence-corrected chi connectivity index (χ1v) is 6.96. The van der Waals surface area contributed by atoms with Crippen LogP contribution >= 0.6 is 0 Å². The van der Waals surface area contributed by atoms with Crippen LogP contribution in [-0.4, -0.2) is 11.5 Å². The Morgan fingerprint density at radius 1 is 1.07 bits per heavy atom. The maximum atomic E-state index is 2.41. The molecule has 1 aromatic carbocycles. The first kappa shape index (κ1) is 10.1. The van der Waals surface area contributed by atoms with Crippen molar-refractivity contribution < 1.29 is 0 Å². The summed E-state index contributed by atoms with van der Waals surface area (Å²) in [5, 5.41) is 1.72. The molecule has 2 rings (SSSR count). The predicted molar refractivity (Wildman–Crippen MR) is 65.7 cm³/mol. The van der Waals surface area contributed by atoms with E-state index in [0.29, 0.717) is 16.3 Å². The summed E-state index contributed by atoms with van der Waals surface area (Å²) >= 11 is 0. The van der Waals surface area contributed by atoms with Gasteiger partial charge in [-0.15, -0.1) is 0 Å². The second-order valence-electron chi connectivity index (χ2n) is 5.23. The number of hydrogen-bond acceptors (Lipinski definition) is 0. The average Bonchev–Trinajstić information content (AvgIpc) is 2.78. The Bertz CT molecular complexity index is 310. The maximum Gasteiger partial charge on any atom is 0.190 e. The van der Waals surface area contributed by atoms with Gasteiger partial charge in [-0.1, -0.05) is 51.1 Å². The maximum absolute atomic E-state index is 2.41. The Kier molecular flexibility index (Phi) is 2.38. The standard InChI is InChI=1S/C13H19S/c1-13(2,3)12-11(14(12)4)10-8-6-5-7-9-10/h5-9,11-12H,1-4H3/q+1/t11-,12-,14?/m0/s1. The third-order valence-corrected chi connectivity index (χ3v) is 5.79. The van der Waals surface area contributed by atoms with Gasteiger partial charge >= 0.3 is 0 Å². The molecule has 14 heavy (non-hydrogen) atoms. The summed E-state index contributed by atoms with van der Waals surface area (Å²) in [4.78, 5) is 0. The van der Waals surface area contributed by atoms with Crippen LogP contribution in [0.3, 0.4) is 0 Å². The van der Waals surface area contributed by atoms with Crippen molar-refractivity contribution >= 4 is 10.9 Å². The summed E-state index contributed by atoms with van der Waals surface area (Å²) in [6.07, 6.45) is 2.41. The second-order valence-corrected chi connectivity index (χ2v) is 7.46. The number of rotatable bonds is 1. The minimum absolute atomic E-state index is 0.471. The summed E-state index contributed by atoms with van der Waals surface area (Å²) in [5.41, 5.74) is 2.01. The molecule has 0 aliphatic carbocycles. The highest BCUT2D eigenvalue weighted by Gasteiger charge is 2.65. The quantitative estimate of drug-likeness (QED) is 0.489. The van der Waals surface area contributed by atoms with E-state index in [1.807, 2.05) is 0 Å². The fraction of sp³-hybridized carbons (Fsp3) is 0.538. The van der Waals surface area contributed by atoms with E-state index in [0.717, 1.165) is 10.5 Å². The van der Waals surface area contributed by atoms with Crippen LogP contribution in [0.15, 0.2) is 30.3 Å². The van der Waals surface area contributed by atoms with E-state index >= 15 is 0 Å². The molecule has 0 nitrogen and oxygen atoms in total. The van der Waals surface area contributed by atoms with E-state index in [1.54, 1.807) is 5.56 Å². The van der Waals surface area contributed by atoms with Crippen LogP contribution in [0.1, 0.15) is 31.6 Å². The fourth-order valence-electron chi connectivity index (χ4n) is 2.35. The van der Waals surface area contributed by atoms with Crippen LogP contribution in [-0.2, 0) is 10.9 Å². The normalized spacial score (nSPS) is 31.6. The summed E-state index contributed by atoms with van der Waals surface area (Å²) in [7, 11) is 0.593. The van der Waals surface area contributed by atoms with Gasteiger partial charge in [-0.3, -0.25) is 0 Å². The number of hydrogen-bond donors (Lipinski definition) is 0. The smallest absolute Gasteiger partial charge is 0.0622 e. The van der Waals surface area contributed by atoms with Crippen molar-refractivity contribution in [2.75, 3.05) is 6.26 Å². The highest BCUT2D eigenvalue weighted by Crippen LogP contribution is 2.55. The predicted octanol–water partition coefficient (Wildman–Crippen LogP) is 3.40. The lowest BCUT2D eigenvalue weighted by atomic mass is 9.89. The van der Waals surface area contributed by atoms with Gasteiger partial charge in [-0.05, 0) is 0 Å². The van der Waals surface area contributed by atoms with Crippen molar-refractivity contribution in [3.8, 4) is 0 Å². The fourth-order valence-corrected chi connectivity index (χ4v) is 5.56. The van der Waals surface area contributed by atoms with Crippen LogP contribution in [0.5, 0.6) is 0 Å².